The summed E-state index contributed by atoms with van der Waals surface area (Å²) in [5.41, 5.74) is 2.77. The highest BCUT2D eigenvalue weighted by Gasteiger charge is 2.22. The zero-order valence-electron chi connectivity index (χ0n) is 13.7. The summed E-state index contributed by atoms with van der Waals surface area (Å²) in [6, 6.07) is 8.52. The highest BCUT2D eigenvalue weighted by atomic mass is 16.1. The largest absolute Gasteiger partial charge is 0.383 e. The Morgan fingerprint density at radius 3 is 2.81 bits per heavy atom. The Kier molecular flexibility index (Phi) is 4.92. The summed E-state index contributed by atoms with van der Waals surface area (Å²) in [6.07, 6.45) is 2.62. The van der Waals surface area contributed by atoms with Crippen LogP contribution in [0, 0.1) is 11.3 Å². The Hall–Kier alpha value is -1.51. The van der Waals surface area contributed by atoms with Crippen LogP contribution in [-0.4, -0.2) is 18.5 Å². The molecular weight excluding hydrogens is 260 g/mol. The molecule has 0 aliphatic carbocycles. The molecule has 0 saturated carbocycles. The van der Waals surface area contributed by atoms with Gasteiger partial charge >= 0.3 is 0 Å². The van der Waals surface area contributed by atoms with Crippen LogP contribution in [0.4, 0.5) is 5.69 Å². The van der Waals surface area contributed by atoms with Crippen LogP contribution in [0.5, 0.6) is 0 Å². The van der Waals surface area contributed by atoms with Gasteiger partial charge in [0.15, 0.2) is 0 Å². The SMILES string of the molecule is CC(CC(=O)NC1CNc2ccccc2C1)CC(C)(C)C. The van der Waals surface area contributed by atoms with Crippen LogP contribution in [0.15, 0.2) is 24.3 Å². The lowest BCUT2D eigenvalue weighted by atomic mass is 9.84. The maximum atomic E-state index is 12.2. The first-order valence-electron chi connectivity index (χ1n) is 7.94. The average molecular weight is 288 g/mol. The minimum Gasteiger partial charge on any atom is -0.383 e. The minimum atomic E-state index is 0.179. The third-order valence-electron chi connectivity index (χ3n) is 3.88. The van der Waals surface area contributed by atoms with E-state index in [-0.39, 0.29) is 17.4 Å². The molecule has 2 unspecified atom stereocenters. The second kappa shape index (κ2) is 6.50. The van der Waals surface area contributed by atoms with Gasteiger partial charge in [0.2, 0.25) is 5.91 Å². The van der Waals surface area contributed by atoms with Crippen molar-refractivity contribution in [1.82, 2.24) is 5.32 Å². The molecule has 1 amide bonds. The molecule has 2 rings (SSSR count). The topological polar surface area (TPSA) is 41.1 Å². The van der Waals surface area contributed by atoms with E-state index in [4.69, 9.17) is 0 Å². The van der Waals surface area contributed by atoms with Crippen LogP contribution in [-0.2, 0) is 11.2 Å². The molecule has 21 heavy (non-hydrogen) atoms. The van der Waals surface area contributed by atoms with Crippen molar-refractivity contribution in [2.75, 3.05) is 11.9 Å². The van der Waals surface area contributed by atoms with Gasteiger partial charge in [0.25, 0.3) is 0 Å². The average Bonchev–Trinajstić information content (AvgIpc) is 2.35. The van der Waals surface area contributed by atoms with Gasteiger partial charge in [-0.15, -0.1) is 0 Å². The molecule has 1 aliphatic rings. The van der Waals surface area contributed by atoms with Gasteiger partial charge in [0.1, 0.15) is 0 Å². The third-order valence-corrected chi connectivity index (χ3v) is 3.88. The standard InChI is InChI=1S/C18H28N2O/c1-13(11-18(2,3)4)9-17(21)20-15-10-14-7-5-6-8-16(14)19-12-15/h5-8,13,15,19H,9-12H2,1-4H3,(H,20,21). The Bertz CT molecular complexity index is 490. The zero-order chi connectivity index (χ0) is 15.5. The van der Waals surface area contributed by atoms with Crippen LogP contribution >= 0.6 is 0 Å². The van der Waals surface area contributed by atoms with Gasteiger partial charge in [-0.3, -0.25) is 4.79 Å². The molecule has 3 heteroatoms. The highest BCUT2D eigenvalue weighted by molar-refractivity contribution is 5.76. The second-order valence-electron chi connectivity index (χ2n) is 7.58. The van der Waals surface area contributed by atoms with Crippen LogP contribution in [0.3, 0.4) is 0 Å². The second-order valence-corrected chi connectivity index (χ2v) is 7.58. The summed E-state index contributed by atoms with van der Waals surface area (Å²) >= 11 is 0. The Balaban J connectivity index is 1.82. The molecule has 1 heterocycles. The van der Waals surface area contributed by atoms with Crippen LogP contribution in [0.2, 0.25) is 0 Å². The lowest BCUT2D eigenvalue weighted by Crippen LogP contribution is -2.44. The van der Waals surface area contributed by atoms with Crippen molar-refractivity contribution >= 4 is 11.6 Å². The summed E-state index contributed by atoms with van der Waals surface area (Å²) in [5.74, 6) is 0.603. The number of rotatable bonds is 4. The van der Waals surface area contributed by atoms with Gasteiger partial charge in [0, 0.05) is 18.7 Å². The van der Waals surface area contributed by atoms with Crippen molar-refractivity contribution in [3.63, 3.8) is 0 Å². The number of hydrogen-bond donors (Lipinski definition) is 2. The summed E-state index contributed by atoms with van der Waals surface area (Å²) in [7, 11) is 0. The van der Waals surface area contributed by atoms with E-state index in [1.807, 2.05) is 6.07 Å². The van der Waals surface area contributed by atoms with E-state index < -0.39 is 0 Å². The first kappa shape index (κ1) is 15.9. The molecule has 0 saturated heterocycles. The third kappa shape index (κ3) is 5.07. The Labute approximate surface area is 128 Å². The quantitative estimate of drug-likeness (QED) is 0.888. The van der Waals surface area contributed by atoms with E-state index in [0.29, 0.717) is 12.3 Å². The minimum absolute atomic E-state index is 0.179. The predicted molar refractivity (Wildman–Crippen MR) is 88.4 cm³/mol. The van der Waals surface area contributed by atoms with Crippen LogP contribution in [0.25, 0.3) is 0 Å². The van der Waals surface area contributed by atoms with Crippen molar-refractivity contribution in [2.45, 2.75) is 53.0 Å². The molecule has 2 N–H and O–H groups in total. The fraction of sp³-hybridized carbons (Fsp3) is 0.611. The van der Waals surface area contributed by atoms with Gasteiger partial charge in [-0.1, -0.05) is 45.9 Å². The van der Waals surface area contributed by atoms with Gasteiger partial charge in [0.05, 0.1) is 6.04 Å². The summed E-state index contributed by atoms with van der Waals surface area (Å²) in [5, 5.41) is 6.57. The molecule has 116 valence electrons. The number of fused-ring (bicyclic) bond motifs is 1. The number of benzene rings is 1. The predicted octanol–water partition coefficient (Wildman–Crippen LogP) is 3.60. The molecule has 0 spiro atoms. The van der Waals surface area contributed by atoms with Gasteiger partial charge in [-0.05, 0) is 35.8 Å². The maximum absolute atomic E-state index is 12.2. The number of para-hydroxylation sites is 1. The molecule has 1 aliphatic heterocycles. The van der Waals surface area contributed by atoms with Gasteiger partial charge in [-0.2, -0.15) is 0 Å². The number of carbonyl (C=O) groups excluding carboxylic acids is 1. The molecule has 3 nitrogen and oxygen atoms in total. The summed E-state index contributed by atoms with van der Waals surface area (Å²) in [6.45, 7) is 9.66. The summed E-state index contributed by atoms with van der Waals surface area (Å²) in [4.78, 5) is 12.2. The monoisotopic (exact) mass is 288 g/mol. The zero-order valence-corrected chi connectivity index (χ0v) is 13.7. The van der Waals surface area contributed by atoms with Crippen LogP contribution < -0.4 is 10.6 Å². The number of hydrogen-bond acceptors (Lipinski definition) is 2. The molecule has 1 aromatic carbocycles. The van der Waals surface area contributed by atoms with E-state index in [1.54, 1.807) is 0 Å². The maximum Gasteiger partial charge on any atom is 0.220 e. The van der Waals surface area contributed by atoms with Crippen molar-refractivity contribution in [3.8, 4) is 0 Å². The fourth-order valence-corrected chi connectivity index (χ4v) is 3.26. The molecule has 0 aromatic heterocycles. The molecular formula is C18H28N2O. The Morgan fingerprint density at radius 1 is 1.38 bits per heavy atom. The number of anilines is 1. The lowest BCUT2D eigenvalue weighted by Gasteiger charge is -2.28. The van der Waals surface area contributed by atoms with E-state index in [1.165, 1.54) is 11.3 Å². The Morgan fingerprint density at radius 2 is 2.10 bits per heavy atom. The number of carbonyl (C=O) groups is 1. The van der Waals surface area contributed by atoms with Crippen LogP contribution in [0.1, 0.15) is 46.1 Å². The normalized spacial score (nSPS) is 19.3. The van der Waals surface area contributed by atoms with E-state index in [2.05, 4.69) is 56.5 Å². The lowest BCUT2D eigenvalue weighted by molar-refractivity contribution is -0.122. The molecule has 0 bridgehead atoms. The smallest absolute Gasteiger partial charge is 0.220 e. The number of nitrogens with one attached hydrogen (secondary N) is 2. The van der Waals surface area contributed by atoms with Crippen molar-refractivity contribution in [1.29, 1.82) is 0 Å². The van der Waals surface area contributed by atoms with Crippen molar-refractivity contribution < 1.29 is 4.79 Å². The summed E-state index contributed by atoms with van der Waals surface area (Å²) < 4.78 is 0. The van der Waals surface area contributed by atoms with E-state index in [0.717, 1.165) is 19.4 Å². The first-order valence-corrected chi connectivity index (χ1v) is 7.94. The van der Waals surface area contributed by atoms with Gasteiger partial charge < -0.3 is 10.6 Å². The first-order chi connectivity index (χ1) is 9.83. The van der Waals surface area contributed by atoms with Gasteiger partial charge in [-0.25, -0.2) is 0 Å². The molecule has 1 aromatic rings. The van der Waals surface area contributed by atoms with E-state index >= 15 is 0 Å². The molecule has 0 radical (unpaired) electrons. The molecule has 2 atom stereocenters. The highest BCUT2D eigenvalue weighted by Crippen LogP contribution is 2.26. The van der Waals surface area contributed by atoms with Crippen molar-refractivity contribution in [2.24, 2.45) is 11.3 Å². The number of amides is 1. The van der Waals surface area contributed by atoms with Crippen molar-refractivity contribution in [3.05, 3.63) is 29.8 Å². The molecule has 0 fully saturated rings. The van der Waals surface area contributed by atoms with E-state index in [9.17, 15) is 4.79 Å². The fourth-order valence-electron chi connectivity index (χ4n) is 3.26.